The van der Waals surface area contributed by atoms with Gasteiger partial charge in [0.2, 0.25) is 5.91 Å². The third-order valence-corrected chi connectivity index (χ3v) is 9.66. The van der Waals surface area contributed by atoms with Crippen molar-refractivity contribution >= 4 is 57.8 Å². The summed E-state index contributed by atoms with van der Waals surface area (Å²) in [5.74, 6) is -0.426. The SMILES string of the molecule is O=C(Cn1cc(C(F)(F)F)cc(C2CC2)c1=O)N1CCC(c2nc(C3=NOC(c4c(Cl)cc(Cl)cc4Cl)C3)cs2)CC1. The highest BCUT2D eigenvalue weighted by molar-refractivity contribution is 7.10. The van der Waals surface area contributed by atoms with Gasteiger partial charge < -0.3 is 14.3 Å². The first-order valence-corrected chi connectivity index (χ1v) is 15.4. The molecule has 222 valence electrons. The zero-order chi connectivity index (χ0) is 29.8. The minimum atomic E-state index is -4.60. The Kier molecular flexibility index (Phi) is 8.06. The van der Waals surface area contributed by atoms with E-state index in [-0.39, 0.29) is 23.3 Å². The number of alkyl halides is 3. The molecule has 1 saturated carbocycles. The first-order valence-electron chi connectivity index (χ1n) is 13.4. The van der Waals surface area contributed by atoms with Gasteiger partial charge in [0.05, 0.1) is 26.3 Å². The monoisotopic (exact) mass is 658 g/mol. The first kappa shape index (κ1) is 29.5. The Balaban J connectivity index is 1.07. The molecule has 0 N–H and O–H groups in total. The standard InChI is InChI=1S/C28H24Cl3F3N4O3S/c29-17-8-19(30)25(20(31)9-17)23-10-21(36-41-23)22-13-42-26(35-22)15-3-5-37(6-4-15)24(39)12-38-11-16(28(32,33)34)7-18(27(38)40)14-1-2-14/h7-9,11,13-15,23H,1-6,10,12H2. The molecule has 1 amide bonds. The molecule has 1 atom stereocenters. The number of aromatic nitrogens is 2. The van der Waals surface area contributed by atoms with Crippen molar-refractivity contribution in [2.45, 2.75) is 62.8 Å². The van der Waals surface area contributed by atoms with Gasteiger partial charge in [-0.25, -0.2) is 4.98 Å². The number of hydrogen-bond acceptors (Lipinski definition) is 6. The van der Waals surface area contributed by atoms with Gasteiger partial charge in [-0.2, -0.15) is 13.2 Å². The highest BCUT2D eigenvalue weighted by atomic mass is 35.5. The van der Waals surface area contributed by atoms with E-state index >= 15 is 0 Å². The van der Waals surface area contributed by atoms with Crippen LogP contribution in [0.4, 0.5) is 13.2 Å². The summed E-state index contributed by atoms with van der Waals surface area (Å²) in [6.07, 6.45) is -1.21. The van der Waals surface area contributed by atoms with Crippen molar-refractivity contribution in [1.82, 2.24) is 14.5 Å². The Bertz CT molecular complexity index is 1610. The lowest BCUT2D eigenvalue weighted by Gasteiger charge is -2.31. The van der Waals surface area contributed by atoms with Crippen molar-refractivity contribution in [3.8, 4) is 0 Å². The predicted octanol–water partition coefficient (Wildman–Crippen LogP) is 7.43. The van der Waals surface area contributed by atoms with Gasteiger partial charge >= 0.3 is 6.18 Å². The Labute approximate surface area is 257 Å². The van der Waals surface area contributed by atoms with E-state index in [4.69, 9.17) is 44.6 Å². The minimum Gasteiger partial charge on any atom is -0.387 e. The highest BCUT2D eigenvalue weighted by Gasteiger charge is 2.36. The van der Waals surface area contributed by atoms with Gasteiger partial charge in [-0.05, 0) is 49.8 Å². The number of halogens is 6. The van der Waals surface area contributed by atoms with E-state index in [1.165, 1.54) is 11.3 Å². The number of oxime groups is 1. The number of nitrogens with zero attached hydrogens (tertiary/aromatic N) is 4. The van der Waals surface area contributed by atoms with Gasteiger partial charge in [0, 0.05) is 53.2 Å². The molecule has 0 spiro atoms. The molecule has 6 rings (SSSR count). The van der Waals surface area contributed by atoms with E-state index in [0.717, 1.165) is 21.8 Å². The molecule has 0 bridgehead atoms. The van der Waals surface area contributed by atoms with E-state index in [9.17, 15) is 22.8 Å². The number of likely N-dealkylation sites (tertiary alicyclic amines) is 1. The van der Waals surface area contributed by atoms with Crippen molar-refractivity contribution in [1.29, 1.82) is 0 Å². The van der Waals surface area contributed by atoms with Crippen LogP contribution in [0.3, 0.4) is 0 Å². The zero-order valence-corrected chi connectivity index (χ0v) is 25.0. The van der Waals surface area contributed by atoms with Crippen LogP contribution >= 0.6 is 46.1 Å². The quantitative estimate of drug-likeness (QED) is 0.276. The molecule has 1 aromatic carbocycles. The number of rotatable bonds is 6. The maximum Gasteiger partial charge on any atom is 0.417 e. The Morgan fingerprint density at radius 3 is 2.38 bits per heavy atom. The number of piperidine rings is 1. The van der Waals surface area contributed by atoms with Crippen molar-refractivity contribution in [2.24, 2.45) is 5.16 Å². The summed E-state index contributed by atoms with van der Waals surface area (Å²) in [6.45, 7) is 0.416. The molecular weight excluding hydrogens is 636 g/mol. The predicted molar refractivity (Wildman–Crippen MR) is 155 cm³/mol. The summed E-state index contributed by atoms with van der Waals surface area (Å²) in [5.41, 5.74) is 0.703. The summed E-state index contributed by atoms with van der Waals surface area (Å²) in [7, 11) is 0. The largest absolute Gasteiger partial charge is 0.417 e. The smallest absolute Gasteiger partial charge is 0.387 e. The third-order valence-electron chi connectivity index (χ3n) is 7.81. The Morgan fingerprint density at radius 1 is 1.05 bits per heavy atom. The van der Waals surface area contributed by atoms with Gasteiger partial charge in [-0.3, -0.25) is 9.59 Å². The number of hydrogen-bond donors (Lipinski definition) is 0. The van der Waals surface area contributed by atoms with E-state index in [1.54, 1.807) is 17.0 Å². The lowest BCUT2D eigenvalue weighted by atomic mass is 9.97. The second-order valence-corrected chi connectivity index (χ2v) is 12.9. The van der Waals surface area contributed by atoms with Crippen LogP contribution < -0.4 is 5.56 Å². The lowest BCUT2D eigenvalue weighted by Crippen LogP contribution is -2.41. The molecule has 3 aliphatic rings. The second-order valence-electron chi connectivity index (χ2n) is 10.7. The number of carbonyl (C=O) groups is 1. The molecule has 0 radical (unpaired) electrons. The van der Waals surface area contributed by atoms with Crippen LogP contribution in [0.25, 0.3) is 0 Å². The molecule has 7 nitrogen and oxygen atoms in total. The van der Waals surface area contributed by atoms with Gasteiger partial charge in [-0.1, -0.05) is 40.0 Å². The van der Waals surface area contributed by atoms with Crippen LogP contribution in [-0.4, -0.2) is 39.2 Å². The van der Waals surface area contributed by atoms with Crippen LogP contribution in [0.2, 0.25) is 15.1 Å². The summed E-state index contributed by atoms with van der Waals surface area (Å²) >= 11 is 20.2. The third kappa shape index (κ3) is 6.06. The van der Waals surface area contributed by atoms with Crippen molar-refractivity contribution in [3.63, 3.8) is 0 Å². The fourth-order valence-corrected chi connectivity index (χ4v) is 7.45. The summed E-state index contributed by atoms with van der Waals surface area (Å²) < 4.78 is 41.3. The maximum atomic E-state index is 13.5. The lowest BCUT2D eigenvalue weighted by molar-refractivity contribution is -0.139. The average Bonchev–Trinajstić information content (AvgIpc) is 3.45. The van der Waals surface area contributed by atoms with E-state index in [1.807, 2.05) is 5.38 Å². The van der Waals surface area contributed by atoms with Crippen LogP contribution in [0.15, 0.2) is 39.7 Å². The maximum absolute atomic E-state index is 13.5. The number of carbonyl (C=O) groups excluding carboxylic acids is 1. The number of amides is 1. The first-order chi connectivity index (χ1) is 20.0. The Hall–Kier alpha value is -2.60. The van der Waals surface area contributed by atoms with E-state index < -0.39 is 29.9 Å². The average molecular weight is 660 g/mol. The molecule has 1 unspecified atom stereocenters. The van der Waals surface area contributed by atoms with Gasteiger partial charge in [0.1, 0.15) is 12.3 Å². The molecule has 2 fully saturated rings. The number of pyridine rings is 1. The molecule has 42 heavy (non-hydrogen) atoms. The summed E-state index contributed by atoms with van der Waals surface area (Å²) in [4.78, 5) is 37.9. The molecule has 2 aliphatic heterocycles. The van der Waals surface area contributed by atoms with Crippen LogP contribution in [0, 0.1) is 0 Å². The second kappa shape index (κ2) is 11.5. The van der Waals surface area contributed by atoms with E-state index in [0.29, 0.717) is 77.2 Å². The topological polar surface area (TPSA) is 76.8 Å². The molecule has 2 aromatic heterocycles. The van der Waals surface area contributed by atoms with Gasteiger partial charge in [-0.15, -0.1) is 11.3 Å². The summed E-state index contributed by atoms with van der Waals surface area (Å²) in [5, 5.41) is 8.26. The molecule has 1 aliphatic carbocycles. The number of thiazole rings is 1. The van der Waals surface area contributed by atoms with Gasteiger partial charge in [0.25, 0.3) is 5.56 Å². The molecule has 1 saturated heterocycles. The van der Waals surface area contributed by atoms with Crippen molar-refractivity contribution in [2.75, 3.05) is 13.1 Å². The molecular formula is C28H24Cl3F3N4O3S. The van der Waals surface area contributed by atoms with Gasteiger partial charge in [0.15, 0.2) is 6.10 Å². The van der Waals surface area contributed by atoms with Crippen LogP contribution in [0.5, 0.6) is 0 Å². The van der Waals surface area contributed by atoms with E-state index in [2.05, 4.69) is 5.16 Å². The molecule has 4 heterocycles. The molecule has 3 aromatic rings. The minimum absolute atomic E-state index is 0.115. The Morgan fingerprint density at radius 2 is 1.74 bits per heavy atom. The fourth-order valence-electron chi connectivity index (χ4n) is 5.39. The zero-order valence-electron chi connectivity index (χ0n) is 22.0. The molecule has 14 heteroatoms. The normalized spacial score (nSPS) is 19.6. The van der Waals surface area contributed by atoms with Crippen molar-refractivity contribution in [3.05, 3.63) is 82.6 Å². The summed E-state index contributed by atoms with van der Waals surface area (Å²) in [6, 6.07) is 4.14. The number of benzene rings is 1. The van der Waals surface area contributed by atoms with Crippen LogP contribution in [0.1, 0.15) is 77.4 Å². The van der Waals surface area contributed by atoms with Crippen molar-refractivity contribution < 1.29 is 22.8 Å². The fraction of sp³-hybridized carbons (Fsp3) is 0.429. The van der Waals surface area contributed by atoms with Crippen LogP contribution in [-0.2, 0) is 22.4 Å². The highest BCUT2D eigenvalue weighted by Crippen LogP contribution is 2.41.